The summed E-state index contributed by atoms with van der Waals surface area (Å²) in [6.45, 7) is 14.3. The van der Waals surface area contributed by atoms with Crippen LogP contribution >= 0.6 is 11.3 Å². The summed E-state index contributed by atoms with van der Waals surface area (Å²) >= 11 is 1.28. The minimum atomic E-state index is -0.285. The number of hydrogen-bond donors (Lipinski definition) is 0. The second-order valence-corrected chi connectivity index (χ2v) is 9.55. The molecule has 0 bridgehead atoms. The number of nitrogens with zero attached hydrogens (tertiary/aromatic N) is 3. The molecule has 0 amide bonds. The summed E-state index contributed by atoms with van der Waals surface area (Å²) in [5.41, 5.74) is 5.32. The number of aryl methyl sites for hydroxylation is 2. The normalized spacial score (nSPS) is 12.9. The van der Waals surface area contributed by atoms with Crippen LogP contribution in [0.4, 0.5) is 0 Å². The van der Waals surface area contributed by atoms with E-state index in [1.165, 1.54) is 26.8 Å². The van der Waals surface area contributed by atoms with Crippen molar-refractivity contribution in [3.8, 4) is 0 Å². The monoisotopic (exact) mass is 421 g/mol. The van der Waals surface area contributed by atoms with Gasteiger partial charge in [0.15, 0.2) is 0 Å². The Kier molecular flexibility index (Phi) is 4.93. The Morgan fingerprint density at radius 1 is 1.03 bits per heavy atom. The molecule has 0 aliphatic heterocycles. The predicted octanol–water partition coefficient (Wildman–Crippen LogP) is 4.25. The summed E-state index contributed by atoms with van der Waals surface area (Å²) in [4.78, 5) is 31.2. The van der Waals surface area contributed by atoms with Gasteiger partial charge in [-0.2, -0.15) is 0 Å². The van der Waals surface area contributed by atoms with Crippen molar-refractivity contribution < 1.29 is 0 Å². The van der Waals surface area contributed by atoms with Crippen LogP contribution in [0.2, 0.25) is 0 Å². The molecule has 6 heteroatoms. The molecule has 0 unspecified atom stereocenters. The van der Waals surface area contributed by atoms with Crippen LogP contribution < -0.4 is 15.7 Å². The molecule has 4 rings (SSSR count). The Morgan fingerprint density at radius 3 is 2.37 bits per heavy atom. The van der Waals surface area contributed by atoms with Gasteiger partial charge in [-0.15, -0.1) is 0 Å². The van der Waals surface area contributed by atoms with Crippen LogP contribution in [-0.2, 0) is 0 Å². The first-order valence-corrected chi connectivity index (χ1v) is 11.1. The summed E-state index contributed by atoms with van der Waals surface area (Å²) < 4.78 is 4.09. The molecule has 0 spiro atoms. The number of benzene rings is 1. The van der Waals surface area contributed by atoms with Crippen molar-refractivity contribution in [2.24, 2.45) is 0 Å². The van der Waals surface area contributed by atoms with Gasteiger partial charge >= 0.3 is 0 Å². The Bertz CT molecular complexity index is 1470. The first kappa shape index (κ1) is 20.5. The van der Waals surface area contributed by atoms with Crippen LogP contribution in [0, 0.1) is 20.8 Å². The molecule has 1 aromatic carbocycles. The second kappa shape index (κ2) is 7.20. The lowest BCUT2D eigenvalue weighted by molar-refractivity contribution is 0.606. The van der Waals surface area contributed by atoms with Crippen LogP contribution in [0.3, 0.4) is 0 Å². The van der Waals surface area contributed by atoms with Crippen molar-refractivity contribution in [1.29, 1.82) is 0 Å². The van der Waals surface area contributed by atoms with Gasteiger partial charge in [0.25, 0.3) is 11.1 Å². The van der Waals surface area contributed by atoms with Crippen LogP contribution in [0.25, 0.3) is 21.9 Å². The molecule has 0 aliphatic rings. The minimum absolute atomic E-state index is 0.0165. The van der Waals surface area contributed by atoms with E-state index in [1.807, 2.05) is 32.9 Å². The van der Waals surface area contributed by atoms with E-state index in [1.54, 1.807) is 0 Å². The topological polar surface area (TPSA) is 56.4 Å². The molecule has 5 nitrogen and oxygen atoms in total. The van der Waals surface area contributed by atoms with Gasteiger partial charge in [-0.1, -0.05) is 43.4 Å². The van der Waals surface area contributed by atoms with Gasteiger partial charge < -0.3 is 4.57 Å². The molecule has 0 fully saturated rings. The van der Waals surface area contributed by atoms with Crippen LogP contribution in [-0.4, -0.2) is 14.0 Å². The third kappa shape index (κ3) is 2.93. The average molecular weight is 422 g/mol. The number of rotatable bonds is 3. The fourth-order valence-electron chi connectivity index (χ4n) is 4.52. The fraction of sp³-hybridized carbons (Fsp3) is 0.375. The van der Waals surface area contributed by atoms with Gasteiger partial charge in [-0.05, 0) is 52.2 Å². The van der Waals surface area contributed by atoms with Gasteiger partial charge in [-0.25, -0.2) is 9.38 Å². The van der Waals surface area contributed by atoms with E-state index in [4.69, 9.17) is 0 Å². The lowest BCUT2D eigenvalue weighted by Crippen LogP contribution is -2.33. The third-order valence-electron chi connectivity index (χ3n) is 5.78. The maximum Gasteiger partial charge on any atom is 0.277 e. The van der Waals surface area contributed by atoms with Gasteiger partial charge in [0.2, 0.25) is 4.96 Å². The SMILES string of the molecule is Cc1nc2s/c(=C\c3c(C)n(C(C)C)c4c(C)cccc34)c(=O)n2c(=O)c1C(C)C. The number of thiazole rings is 1. The third-order valence-corrected chi connectivity index (χ3v) is 6.75. The molecule has 4 aromatic rings. The molecular weight excluding hydrogens is 394 g/mol. The van der Waals surface area contributed by atoms with E-state index in [9.17, 15) is 9.59 Å². The van der Waals surface area contributed by atoms with E-state index in [2.05, 4.69) is 49.4 Å². The Morgan fingerprint density at radius 2 is 1.73 bits per heavy atom. The number of hydrogen-bond acceptors (Lipinski definition) is 4. The Balaban J connectivity index is 2.11. The van der Waals surface area contributed by atoms with Gasteiger partial charge in [0, 0.05) is 33.9 Å². The zero-order valence-electron chi connectivity index (χ0n) is 18.5. The fourth-order valence-corrected chi connectivity index (χ4v) is 5.51. The van der Waals surface area contributed by atoms with Gasteiger partial charge in [-0.3, -0.25) is 9.59 Å². The molecule has 0 saturated carbocycles. The second-order valence-electron chi connectivity index (χ2n) is 8.54. The highest BCUT2D eigenvalue weighted by atomic mass is 32.1. The summed E-state index contributed by atoms with van der Waals surface area (Å²) in [5.74, 6) is 0.0165. The molecular formula is C24H27N3O2S. The zero-order valence-corrected chi connectivity index (χ0v) is 19.3. The number of aromatic nitrogens is 3. The molecule has 0 N–H and O–H groups in total. The highest BCUT2D eigenvalue weighted by molar-refractivity contribution is 7.15. The largest absolute Gasteiger partial charge is 0.342 e. The van der Waals surface area contributed by atoms with Crippen LogP contribution in [0.5, 0.6) is 0 Å². The minimum Gasteiger partial charge on any atom is -0.342 e. The standard InChI is InChI=1S/C24H27N3O2S/c1-12(2)20-15(6)25-24-27(23(20)29)22(28)19(30-24)11-18-16(7)26(13(3)4)21-14(5)9-8-10-17(18)21/h8-13H,1-7H3/b19-11-. The molecule has 0 atom stereocenters. The van der Waals surface area contributed by atoms with E-state index >= 15 is 0 Å². The lowest BCUT2D eigenvalue weighted by atomic mass is 10.0. The van der Waals surface area contributed by atoms with Crippen molar-refractivity contribution >= 4 is 33.3 Å². The van der Waals surface area contributed by atoms with Crippen molar-refractivity contribution in [3.63, 3.8) is 0 Å². The summed E-state index contributed by atoms with van der Waals surface area (Å²) in [6.07, 6.45) is 1.93. The quantitative estimate of drug-likeness (QED) is 0.497. The Hall–Kier alpha value is -2.73. The highest BCUT2D eigenvalue weighted by Crippen LogP contribution is 2.31. The average Bonchev–Trinajstić information content (AvgIpc) is 3.11. The molecule has 0 saturated heterocycles. The maximum absolute atomic E-state index is 13.2. The smallest absolute Gasteiger partial charge is 0.277 e. The molecule has 0 radical (unpaired) electrons. The first-order valence-electron chi connectivity index (χ1n) is 10.3. The zero-order chi connectivity index (χ0) is 21.9. The summed E-state index contributed by atoms with van der Waals surface area (Å²) in [7, 11) is 0. The van der Waals surface area contributed by atoms with Crippen molar-refractivity contribution in [3.05, 3.63) is 71.5 Å². The Labute approximate surface area is 179 Å². The van der Waals surface area contributed by atoms with Crippen molar-refractivity contribution in [2.75, 3.05) is 0 Å². The van der Waals surface area contributed by atoms with Crippen molar-refractivity contribution in [2.45, 2.75) is 60.4 Å². The van der Waals surface area contributed by atoms with E-state index in [0.29, 0.717) is 26.8 Å². The molecule has 3 heterocycles. The summed E-state index contributed by atoms with van der Waals surface area (Å²) in [5, 5.41) is 1.12. The number of fused-ring (bicyclic) bond motifs is 2. The molecule has 156 valence electrons. The molecule has 0 aliphatic carbocycles. The lowest BCUT2D eigenvalue weighted by Gasteiger charge is -2.13. The summed E-state index contributed by atoms with van der Waals surface area (Å²) in [6, 6.07) is 6.56. The highest BCUT2D eigenvalue weighted by Gasteiger charge is 2.19. The van der Waals surface area contributed by atoms with Gasteiger partial charge in [0.05, 0.1) is 10.0 Å². The molecule has 30 heavy (non-hydrogen) atoms. The first-order chi connectivity index (χ1) is 14.1. The number of para-hydroxylation sites is 1. The maximum atomic E-state index is 13.2. The predicted molar refractivity (Wildman–Crippen MR) is 125 cm³/mol. The van der Waals surface area contributed by atoms with E-state index in [-0.39, 0.29) is 17.0 Å². The van der Waals surface area contributed by atoms with E-state index < -0.39 is 0 Å². The van der Waals surface area contributed by atoms with Gasteiger partial charge in [0.1, 0.15) is 0 Å². The van der Waals surface area contributed by atoms with Crippen molar-refractivity contribution in [1.82, 2.24) is 14.0 Å². The van der Waals surface area contributed by atoms with Crippen LogP contribution in [0.1, 0.15) is 67.7 Å². The molecule has 3 aromatic heterocycles. The van der Waals surface area contributed by atoms with E-state index in [0.717, 1.165) is 16.6 Å². The van der Waals surface area contributed by atoms with Crippen LogP contribution in [0.15, 0.2) is 27.8 Å².